The second-order valence-corrected chi connectivity index (χ2v) is 2.59. The zero-order valence-corrected chi connectivity index (χ0v) is 6.20. The number of rotatable bonds is 4. The molecule has 10 heavy (non-hydrogen) atoms. The van der Waals surface area contributed by atoms with Crippen molar-refractivity contribution in [3.05, 3.63) is 0 Å². The Morgan fingerprint density at radius 1 is 1.60 bits per heavy atom. The van der Waals surface area contributed by atoms with Crippen LogP contribution in [0.1, 0.15) is 20.3 Å². The summed E-state index contributed by atoms with van der Waals surface area (Å²) in [5.41, 5.74) is 0. The van der Waals surface area contributed by atoms with Crippen LogP contribution in [-0.4, -0.2) is 17.4 Å². The molecule has 0 heterocycles. The van der Waals surface area contributed by atoms with Crippen LogP contribution in [0.15, 0.2) is 0 Å². The molecule has 0 bridgehead atoms. The van der Waals surface area contributed by atoms with Gasteiger partial charge in [0.2, 0.25) is 0 Å². The maximum atomic E-state index is 10.4. The molecule has 0 radical (unpaired) electrons. The van der Waals surface area contributed by atoms with Crippen LogP contribution >= 0.6 is 0 Å². The van der Waals surface area contributed by atoms with E-state index >= 15 is 0 Å². The van der Waals surface area contributed by atoms with Gasteiger partial charge in [0.1, 0.15) is 6.29 Å². The highest BCUT2D eigenvalue weighted by Crippen LogP contribution is 2.13. The summed E-state index contributed by atoms with van der Waals surface area (Å²) in [7, 11) is 0. The van der Waals surface area contributed by atoms with Crippen LogP contribution in [0, 0.1) is 11.8 Å². The van der Waals surface area contributed by atoms with Gasteiger partial charge in [0, 0.05) is 6.42 Å². The Morgan fingerprint density at radius 2 is 2.10 bits per heavy atom. The van der Waals surface area contributed by atoms with Crippen molar-refractivity contribution in [3.8, 4) is 0 Å². The van der Waals surface area contributed by atoms with Gasteiger partial charge in [-0.3, -0.25) is 4.79 Å². The third-order valence-corrected chi connectivity index (χ3v) is 1.47. The summed E-state index contributed by atoms with van der Waals surface area (Å²) < 4.78 is 0. The fourth-order valence-corrected chi connectivity index (χ4v) is 0.762. The molecule has 0 aliphatic carbocycles. The number of carboxylic acids is 1. The Kier molecular flexibility index (Phi) is 3.69. The summed E-state index contributed by atoms with van der Waals surface area (Å²) in [6, 6.07) is 0. The minimum Gasteiger partial charge on any atom is -0.481 e. The average molecular weight is 144 g/mol. The summed E-state index contributed by atoms with van der Waals surface area (Å²) in [5.74, 6) is -1.37. The van der Waals surface area contributed by atoms with Gasteiger partial charge in [-0.2, -0.15) is 0 Å². The van der Waals surface area contributed by atoms with E-state index in [-0.39, 0.29) is 12.3 Å². The highest BCUT2D eigenvalue weighted by molar-refractivity contribution is 5.73. The number of carbonyl (C=O) groups is 2. The molecule has 0 amide bonds. The molecule has 1 atom stereocenters. The Labute approximate surface area is 60.0 Å². The van der Waals surface area contributed by atoms with Crippen LogP contribution in [-0.2, 0) is 9.59 Å². The lowest BCUT2D eigenvalue weighted by molar-refractivity contribution is -0.144. The Morgan fingerprint density at radius 3 is 2.20 bits per heavy atom. The van der Waals surface area contributed by atoms with Crippen molar-refractivity contribution in [1.29, 1.82) is 0 Å². The molecule has 0 saturated heterocycles. The molecular formula is C7H12O3. The number of aldehydes is 1. The monoisotopic (exact) mass is 144 g/mol. The third kappa shape index (κ3) is 2.62. The van der Waals surface area contributed by atoms with Crippen molar-refractivity contribution in [1.82, 2.24) is 0 Å². The maximum Gasteiger partial charge on any atom is 0.307 e. The normalized spacial score (nSPS) is 13.1. The van der Waals surface area contributed by atoms with Gasteiger partial charge in [-0.25, -0.2) is 0 Å². The fraction of sp³-hybridized carbons (Fsp3) is 0.714. The molecule has 3 heteroatoms. The molecule has 0 aromatic rings. The predicted molar refractivity (Wildman–Crippen MR) is 36.6 cm³/mol. The van der Waals surface area contributed by atoms with Gasteiger partial charge in [-0.05, 0) is 5.92 Å². The average Bonchev–Trinajstić information content (AvgIpc) is 1.81. The summed E-state index contributed by atoms with van der Waals surface area (Å²) >= 11 is 0. The first-order chi connectivity index (χ1) is 4.59. The highest BCUT2D eigenvalue weighted by Gasteiger charge is 2.19. The highest BCUT2D eigenvalue weighted by atomic mass is 16.4. The van der Waals surface area contributed by atoms with Gasteiger partial charge in [0.15, 0.2) is 0 Å². The van der Waals surface area contributed by atoms with Crippen molar-refractivity contribution in [2.24, 2.45) is 11.8 Å². The van der Waals surface area contributed by atoms with Crippen LogP contribution in [0.5, 0.6) is 0 Å². The van der Waals surface area contributed by atoms with Crippen LogP contribution < -0.4 is 0 Å². The largest absolute Gasteiger partial charge is 0.481 e. The Bertz CT molecular complexity index is 129. The summed E-state index contributed by atoms with van der Waals surface area (Å²) in [6.07, 6.45) is 0.770. The molecule has 0 aromatic carbocycles. The molecule has 58 valence electrons. The zero-order valence-electron chi connectivity index (χ0n) is 6.20. The third-order valence-electron chi connectivity index (χ3n) is 1.47. The van der Waals surface area contributed by atoms with Gasteiger partial charge >= 0.3 is 5.97 Å². The first-order valence-corrected chi connectivity index (χ1v) is 3.26. The van der Waals surface area contributed by atoms with Crippen molar-refractivity contribution in [2.45, 2.75) is 20.3 Å². The SMILES string of the molecule is CC(C)[C@@H](CC=O)C(=O)O. The molecule has 0 saturated carbocycles. The van der Waals surface area contributed by atoms with Crippen LogP contribution in [0.2, 0.25) is 0 Å². The van der Waals surface area contributed by atoms with E-state index in [1.54, 1.807) is 13.8 Å². The van der Waals surface area contributed by atoms with E-state index in [1.807, 2.05) is 0 Å². The molecule has 0 rings (SSSR count). The maximum absolute atomic E-state index is 10.4. The zero-order chi connectivity index (χ0) is 8.15. The summed E-state index contributed by atoms with van der Waals surface area (Å²) in [4.78, 5) is 20.3. The lowest BCUT2D eigenvalue weighted by Crippen LogP contribution is -2.19. The number of hydrogen-bond acceptors (Lipinski definition) is 2. The lowest BCUT2D eigenvalue weighted by Gasteiger charge is -2.11. The molecule has 0 spiro atoms. The smallest absolute Gasteiger partial charge is 0.307 e. The molecule has 0 unspecified atom stereocenters. The minimum atomic E-state index is -0.887. The molecule has 0 aromatic heterocycles. The van der Waals surface area contributed by atoms with Gasteiger partial charge in [-0.15, -0.1) is 0 Å². The molecular weight excluding hydrogens is 132 g/mol. The van der Waals surface area contributed by atoms with E-state index < -0.39 is 11.9 Å². The van der Waals surface area contributed by atoms with E-state index in [1.165, 1.54) is 0 Å². The number of carbonyl (C=O) groups excluding carboxylic acids is 1. The molecule has 0 fully saturated rings. The van der Waals surface area contributed by atoms with E-state index in [0.29, 0.717) is 6.29 Å². The van der Waals surface area contributed by atoms with Crippen molar-refractivity contribution >= 4 is 12.3 Å². The Balaban J connectivity index is 3.97. The fourth-order valence-electron chi connectivity index (χ4n) is 0.762. The molecule has 0 aliphatic heterocycles. The quantitative estimate of drug-likeness (QED) is 0.597. The van der Waals surface area contributed by atoms with Gasteiger partial charge in [0.25, 0.3) is 0 Å². The van der Waals surface area contributed by atoms with Gasteiger partial charge < -0.3 is 9.90 Å². The Hall–Kier alpha value is -0.860. The van der Waals surface area contributed by atoms with Crippen LogP contribution in [0.4, 0.5) is 0 Å². The number of aliphatic carboxylic acids is 1. The van der Waals surface area contributed by atoms with Gasteiger partial charge in [0.05, 0.1) is 5.92 Å². The first kappa shape index (κ1) is 9.14. The topological polar surface area (TPSA) is 54.4 Å². The van der Waals surface area contributed by atoms with Crippen LogP contribution in [0.25, 0.3) is 0 Å². The predicted octanol–water partition coefficient (Wildman–Crippen LogP) is 0.932. The standard InChI is InChI=1S/C7H12O3/c1-5(2)6(3-4-8)7(9)10/h4-6H,3H2,1-2H3,(H,9,10)/t6-/m1/s1. The summed E-state index contributed by atoms with van der Waals surface area (Å²) in [6.45, 7) is 3.59. The molecule has 3 nitrogen and oxygen atoms in total. The van der Waals surface area contributed by atoms with E-state index in [2.05, 4.69) is 0 Å². The molecule has 0 aliphatic rings. The number of carboxylic acid groups (broad SMARTS) is 1. The first-order valence-electron chi connectivity index (χ1n) is 3.26. The van der Waals surface area contributed by atoms with Crippen molar-refractivity contribution in [2.75, 3.05) is 0 Å². The van der Waals surface area contributed by atoms with Crippen LogP contribution in [0.3, 0.4) is 0 Å². The molecule has 1 N–H and O–H groups in total. The number of hydrogen-bond donors (Lipinski definition) is 1. The van der Waals surface area contributed by atoms with Gasteiger partial charge in [-0.1, -0.05) is 13.8 Å². The lowest BCUT2D eigenvalue weighted by atomic mass is 9.93. The van der Waals surface area contributed by atoms with Crippen molar-refractivity contribution in [3.63, 3.8) is 0 Å². The summed E-state index contributed by atoms with van der Waals surface area (Å²) in [5, 5.41) is 8.52. The second kappa shape index (κ2) is 4.04. The minimum absolute atomic E-state index is 0.0303. The second-order valence-electron chi connectivity index (χ2n) is 2.59. The van der Waals surface area contributed by atoms with E-state index in [0.717, 1.165) is 0 Å². The van der Waals surface area contributed by atoms with E-state index in [9.17, 15) is 9.59 Å². The van der Waals surface area contributed by atoms with Crippen molar-refractivity contribution < 1.29 is 14.7 Å². The van der Waals surface area contributed by atoms with E-state index in [4.69, 9.17) is 5.11 Å².